The van der Waals surface area contributed by atoms with Crippen molar-refractivity contribution in [2.24, 2.45) is 0 Å². The van der Waals surface area contributed by atoms with E-state index in [9.17, 15) is 4.79 Å². The van der Waals surface area contributed by atoms with Crippen molar-refractivity contribution in [1.82, 2.24) is 5.32 Å². The van der Waals surface area contributed by atoms with Crippen LogP contribution in [0.3, 0.4) is 0 Å². The molecule has 0 aliphatic rings. The van der Waals surface area contributed by atoms with Crippen LogP contribution in [0, 0.1) is 2.88 Å². The van der Waals surface area contributed by atoms with Crippen LogP contribution in [0.15, 0.2) is 11.4 Å². The van der Waals surface area contributed by atoms with Gasteiger partial charge < -0.3 is 5.32 Å². The predicted molar refractivity (Wildman–Crippen MR) is 59.5 cm³/mol. The van der Waals surface area contributed by atoms with E-state index in [1.165, 1.54) is 2.88 Å². The molecule has 0 aromatic carbocycles. The Morgan fingerprint density at radius 2 is 2.42 bits per heavy atom. The number of amides is 1. The van der Waals surface area contributed by atoms with Gasteiger partial charge in [0.1, 0.15) is 0 Å². The van der Waals surface area contributed by atoms with Crippen molar-refractivity contribution >= 4 is 39.8 Å². The first-order valence-corrected chi connectivity index (χ1v) is 5.57. The number of halogens is 1. The molecule has 12 heavy (non-hydrogen) atoms. The van der Waals surface area contributed by atoms with Gasteiger partial charge in [0, 0.05) is 7.05 Å². The molecule has 4 heteroatoms. The van der Waals surface area contributed by atoms with Crippen LogP contribution >= 0.6 is 33.9 Å². The minimum absolute atomic E-state index is 0.0341. The molecule has 1 rings (SSSR count). The standard InChI is InChI=1S/C8H10INOS/c1-5(8(11)10-2)6-3-4-12-7(6)9/h3-5H,1-2H3,(H,10,11). The molecule has 0 saturated carbocycles. The highest BCUT2D eigenvalue weighted by atomic mass is 127. The Kier molecular flexibility index (Phi) is 3.52. The van der Waals surface area contributed by atoms with E-state index in [4.69, 9.17) is 0 Å². The van der Waals surface area contributed by atoms with Crippen LogP contribution in [-0.4, -0.2) is 13.0 Å². The van der Waals surface area contributed by atoms with Gasteiger partial charge >= 0.3 is 0 Å². The lowest BCUT2D eigenvalue weighted by Crippen LogP contribution is -2.23. The lowest BCUT2D eigenvalue weighted by molar-refractivity contribution is -0.121. The quantitative estimate of drug-likeness (QED) is 0.833. The molecule has 1 N–H and O–H groups in total. The number of rotatable bonds is 2. The summed E-state index contributed by atoms with van der Waals surface area (Å²) >= 11 is 3.93. The first-order valence-electron chi connectivity index (χ1n) is 3.61. The molecule has 0 aliphatic heterocycles. The summed E-state index contributed by atoms with van der Waals surface area (Å²) in [5.41, 5.74) is 1.12. The molecule has 0 fully saturated rings. The van der Waals surface area contributed by atoms with Crippen LogP contribution in [0.1, 0.15) is 18.4 Å². The fourth-order valence-electron chi connectivity index (χ4n) is 0.973. The van der Waals surface area contributed by atoms with Crippen LogP contribution < -0.4 is 5.32 Å². The van der Waals surface area contributed by atoms with Gasteiger partial charge in [-0.15, -0.1) is 11.3 Å². The monoisotopic (exact) mass is 295 g/mol. The number of thiophene rings is 1. The first kappa shape index (κ1) is 9.98. The molecule has 66 valence electrons. The second kappa shape index (κ2) is 4.23. The molecule has 0 spiro atoms. The third-order valence-electron chi connectivity index (χ3n) is 1.75. The summed E-state index contributed by atoms with van der Waals surface area (Å²) in [5.74, 6) is 0.0412. The third kappa shape index (κ3) is 1.98. The molecule has 0 bridgehead atoms. The van der Waals surface area contributed by atoms with E-state index in [-0.39, 0.29) is 11.8 Å². The highest BCUT2D eigenvalue weighted by Crippen LogP contribution is 2.26. The normalized spacial score (nSPS) is 12.6. The van der Waals surface area contributed by atoms with Gasteiger partial charge in [-0.2, -0.15) is 0 Å². The van der Waals surface area contributed by atoms with E-state index in [0.29, 0.717) is 0 Å². The van der Waals surface area contributed by atoms with Crippen LogP contribution in [0.5, 0.6) is 0 Å². The lowest BCUT2D eigenvalue weighted by atomic mass is 10.0. The topological polar surface area (TPSA) is 29.1 Å². The van der Waals surface area contributed by atoms with Crippen molar-refractivity contribution in [1.29, 1.82) is 0 Å². The average molecular weight is 295 g/mol. The predicted octanol–water partition coefficient (Wildman–Crippen LogP) is 2.20. The van der Waals surface area contributed by atoms with E-state index in [2.05, 4.69) is 27.9 Å². The molecule has 2 nitrogen and oxygen atoms in total. The number of hydrogen-bond acceptors (Lipinski definition) is 2. The third-order valence-corrected chi connectivity index (χ3v) is 3.85. The fraction of sp³-hybridized carbons (Fsp3) is 0.375. The van der Waals surface area contributed by atoms with Crippen molar-refractivity contribution in [2.75, 3.05) is 7.05 Å². The van der Waals surface area contributed by atoms with Crippen LogP contribution in [0.2, 0.25) is 0 Å². The maximum absolute atomic E-state index is 11.3. The Morgan fingerprint density at radius 1 is 1.75 bits per heavy atom. The van der Waals surface area contributed by atoms with E-state index in [0.717, 1.165) is 5.56 Å². The Morgan fingerprint density at radius 3 is 2.83 bits per heavy atom. The number of hydrogen-bond donors (Lipinski definition) is 1. The van der Waals surface area contributed by atoms with Gasteiger partial charge in [0.15, 0.2) is 0 Å². The zero-order chi connectivity index (χ0) is 9.14. The second-order valence-corrected chi connectivity index (χ2v) is 5.21. The van der Waals surface area contributed by atoms with Crippen molar-refractivity contribution in [3.8, 4) is 0 Å². The van der Waals surface area contributed by atoms with E-state index >= 15 is 0 Å². The fourth-order valence-corrected chi connectivity index (χ4v) is 2.78. The van der Waals surface area contributed by atoms with Gasteiger partial charge in [-0.1, -0.05) is 0 Å². The maximum atomic E-state index is 11.3. The summed E-state index contributed by atoms with van der Waals surface area (Å²) < 4.78 is 1.20. The minimum atomic E-state index is -0.0341. The molecule has 0 radical (unpaired) electrons. The molecule has 1 heterocycles. The van der Waals surface area contributed by atoms with Crippen LogP contribution in [0.25, 0.3) is 0 Å². The van der Waals surface area contributed by atoms with Crippen molar-refractivity contribution in [3.63, 3.8) is 0 Å². The molecule has 1 unspecified atom stereocenters. The van der Waals surface area contributed by atoms with Gasteiger partial charge in [-0.3, -0.25) is 4.79 Å². The van der Waals surface area contributed by atoms with E-state index in [1.54, 1.807) is 18.4 Å². The highest BCUT2D eigenvalue weighted by Gasteiger charge is 2.16. The summed E-state index contributed by atoms with van der Waals surface area (Å²) in [6.45, 7) is 1.92. The summed E-state index contributed by atoms with van der Waals surface area (Å²) in [6, 6.07) is 2.01. The van der Waals surface area contributed by atoms with Gasteiger partial charge in [-0.25, -0.2) is 0 Å². The summed E-state index contributed by atoms with van der Waals surface area (Å²) in [7, 11) is 1.66. The second-order valence-electron chi connectivity index (χ2n) is 2.49. The molecule has 1 aromatic rings. The summed E-state index contributed by atoms with van der Waals surface area (Å²) in [5, 5.41) is 4.65. The highest BCUT2D eigenvalue weighted by molar-refractivity contribution is 14.1. The summed E-state index contributed by atoms with van der Waals surface area (Å²) in [6.07, 6.45) is 0. The summed E-state index contributed by atoms with van der Waals surface area (Å²) in [4.78, 5) is 11.3. The zero-order valence-corrected chi connectivity index (χ0v) is 9.90. The van der Waals surface area contributed by atoms with Crippen LogP contribution in [0.4, 0.5) is 0 Å². The van der Waals surface area contributed by atoms with Crippen LogP contribution in [-0.2, 0) is 4.79 Å². The van der Waals surface area contributed by atoms with Crippen molar-refractivity contribution in [2.45, 2.75) is 12.8 Å². The molecular formula is C8H10INOS. The van der Waals surface area contributed by atoms with Crippen molar-refractivity contribution < 1.29 is 4.79 Å². The lowest BCUT2D eigenvalue weighted by Gasteiger charge is -2.07. The van der Waals surface area contributed by atoms with E-state index in [1.807, 2.05) is 18.4 Å². The Hall–Kier alpha value is -0.100. The van der Waals surface area contributed by atoms with Gasteiger partial charge in [0.25, 0.3) is 0 Å². The maximum Gasteiger partial charge on any atom is 0.227 e. The Labute approximate surface area is 89.5 Å². The number of likely N-dealkylation sites (N-methyl/N-ethyl adjacent to an activating group) is 1. The Bertz CT molecular complexity index is 284. The average Bonchev–Trinajstić information content (AvgIpc) is 2.48. The first-order chi connectivity index (χ1) is 5.66. The minimum Gasteiger partial charge on any atom is -0.359 e. The molecule has 0 aliphatic carbocycles. The van der Waals surface area contributed by atoms with Gasteiger partial charge in [0.05, 0.1) is 8.80 Å². The molecule has 0 saturated heterocycles. The molecular weight excluding hydrogens is 285 g/mol. The smallest absolute Gasteiger partial charge is 0.227 e. The largest absolute Gasteiger partial charge is 0.359 e. The number of carbonyl (C=O) groups is 1. The number of nitrogens with one attached hydrogen (secondary N) is 1. The molecule has 1 atom stereocenters. The van der Waals surface area contributed by atoms with Gasteiger partial charge in [-0.05, 0) is 46.5 Å². The van der Waals surface area contributed by atoms with E-state index < -0.39 is 0 Å². The van der Waals surface area contributed by atoms with Gasteiger partial charge in [0.2, 0.25) is 5.91 Å². The molecule has 1 aromatic heterocycles. The number of carbonyl (C=O) groups excluding carboxylic acids is 1. The molecule has 1 amide bonds. The Balaban J connectivity index is 2.84. The SMILES string of the molecule is CNC(=O)C(C)c1ccsc1I. The zero-order valence-electron chi connectivity index (χ0n) is 6.93. The van der Waals surface area contributed by atoms with Crippen molar-refractivity contribution in [3.05, 3.63) is 19.9 Å².